The van der Waals surface area contributed by atoms with E-state index in [-0.39, 0.29) is 11.8 Å². The first-order chi connectivity index (χ1) is 16.2. The van der Waals surface area contributed by atoms with E-state index in [1.165, 1.54) is 75.4 Å². The molecule has 2 fully saturated rings. The van der Waals surface area contributed by atoms with Gasteiger partial charge in [0.25, 0.3) is 0 Å². The number of aromatic nitrogens is 4. The Kier molecular flexibility index (Phi) is 9.16. The van der Waals surface area contributed by atoms with Crippen LogP contribution < -0.4 is 5.32 Å². The zero-order chi connectivity index (χ0) is 22.9. The molecule has 2 aliphatic carbocycles. The first-order valence-electron chi connectivity index (χ1n) is 13.0. The minimum absolute atomic E-state index is 0.0623. The molecule has 0 aliphatic heterocycles. The highest BCUT2D eigenvalue weighted by Gasteiger charge is 2.25. The fourth-order valence-corrected chi connectivity index (χ4v) is 6.04. The van der Waals surface area contributed by atoms with Crippen LogP contribution in [0, 0.1) is 17.8 Å². The van der Waals surface area contributed by atoms with Crippen LogP contribution in [-0.4, -0.2) is 25.9 Å². The minimum Gasteiger partial charge on any atom is -0.324 e. The van der Waals surface area contributed by atoms with E-state index >= 15 is 0 Å². The number of carbonyl (C=O) groups is 1. The standard InChI is InChI=1S/C26H38ClN5O/c27-24-18-23(19-28-25(24)32-29-16-17-30-32)31-26(33)22-13-8-4-7-12-21(14-9-15-22)20-10-5-2-1-3-6-11-20/h16-22H,1-15H2,(H,31,33). The number of nitrogens with one attached hydrogen (secondary N) is 1. The lowest BCUT2D eigenvalue weighted by Crippen LogP contribution is -2.24. The maximum absolute atomic E-state index is 13.1. The van der Waals surface area contributed by atoms with Gasteiger partial charge in [0.05, 0.1) is 29.3 Å². The molecule has 0 aromatic carbocycles. The molecule has 2 unspecified atom stereocenters. The second-order valence-electron chi connectivity index (χ2n) is 9.97. The lowest BCUT2D eigenvalue weighted by Gasteiger charge is -2.30. The number of hydrogen-bond donors (Lipinski definition) is 1. The monoisotopic (exact) mass is 471 g/mol. The smallest absolute Gasteiger partial charge is 0.227 e. The molecule has 7 heteroatoms. The maximum Gasteiger partial charge on any atom is 0.227 e. The van der Waals surface area contributed by atoms with Crippen molar-refractivity contribution in [1.29, 1.82) is 0 Å². The third-order valence-corrected chi connectivity index (χ3v) is 7.92. The minimum atomic E-state index is 0.0623. The quantitative estimate of drug-likeness (QED) is 0.521. The van der Waals surface area contributed by atoms with Crippen molar-refractivity contribution in [3.05, 3.63) is 29.7 Å². The first-order valence-corrected chi connectivity index (χ1v) is 13.4. The van der Waals surface area contributed by atoms with E-state index in [1.807, 2.05) is 0 Å². The average Bonchev–Trinajstić information content (AvgIpc) is 3.32. The zero-order valence-electron chi connectivity index (χ0n) is 19.7. The first kappa shape index (κ1) is 24.2. The van der Waals surface area contributed by atoms with Crippen LogP contribution in [0.5, 0.6) is 0 Å². The summed E-state index contributed by atoms with van der Waals surface area (Å²) in [4.78, 5) is 18.8. The van der Waals surface area contributed by atoms with E-state index in [0.29, 0.717) is 16.5 Å². The van der Waals surface area contributed by atoms with Gasteiger partial charge in [-0.1, -0.05) is 95.1 Å². The van der Waals surface area contributed by atoms with Crippen molar-refractivity contribution in [2.24, 2.45) is 17.8 Å². The predicted octanol–water partition coefficient (Wildman–Crippen LogP) is 6.98. The Labute approximate surface area is 202 Å². The van der Waals surface area contributed by atoms with Gasteiger partial charge >= 0.3 is 0 Å². The van der Waals surface area contributed by atoms with Crippen molar-refractivity contribution in [2.45, 2.75) is 96.3 Å². The summed E-state index contributed by atoms with van der Waals surface area (Å²) < 4.78 is 0. The number of hydrogen-bond acceptors (Lipinski definition) is 4. The van der Waals surface area contributed by atoms with Gasteiger partial charge in [0, 0.05) is 5.92 Å². The Bertz CT molecular complexity index is 864. The zero-order valence-corrected chi connectivity index (χ0v) is 20.5. The number of halogens is 1. The van der Waals surface area contributed by atoms with Crippen LogP contribution in [-0.2, 0) is 4.79 Å². The van der Waals surface area contributed by atoms with Crippen molar-refractivity contribution in [3.63, 3.8) is 0 Å². The average molecular weight is 472 g/mol. The summed E-state index contributed by atoms with van der Waals surface area (Å²) in [6.45, 7) is 0. The number of amides is 1. The predicted molar refractivity (Wildman–Crippen MR) is 133 cm³/mol. The van der Waals surface area contributed by atoms with Crippen molar-refractivity contribution in [1.82, 2.24) is 20.0 Å². The molecule has 4 rings (SSSR count). The van der Waals surface area contributed by atoms with Crippen LogP contribution in [0.15, 0.2) is 24.7 Å². The van der Waals surface area contributed by atoms with Gasteiger partial charge in [-0.05, 0) is 30.7 Å². The van der Waals surface area contributed by atoms with Gasteiger partial charge in [0.15, 0.2) is 5.82 Å². The third kappa shape index (κ3) is 7.02. The van der Waals surface area contributed by atoms with Crippen LogP contribution in [0.1, 0.15) is 96.3 Å². The Hall–Kier alpha value is -1.95. The van der Waals surface area contributed by atoms with Crippen molar-refractivity contribution in [2.75, 3.05) is 5.32 Å². The van der Waals surface area contributed by atoms with Gasteiger partial charge in [-0.2, -0.15) is 10.2 Å². The van der Waals surface area contributed by atoms with Gasteiger partial charge in [-0.3, -0.25) is 4.79 Å². The Morgan fingerprint density at radius 3 is 2.03 bits per heavy atom. The number of carbonyl (C=O) groups excluding carboxylic acids is 1. The highest BCUT2D eigenvalue weighted by Crippen LogP contribution is 2.36. The highest BCUT2D eigenvalue weighted by atomic mass is 35.5. The Morgan fingerprint density at radius 2 is 1.36 bits per heavy atom. The fraction of sp³-hybridized carbons (Fsp3) is 0.692. The van der Waals surface area contributed by atoms with Crippen molar-refractivity contribution in [3.8, 4) is 5.82 Å². The van der Waals surface area contributed by atoms with E-state index in [2.05, 4.69) is 20.5 Å². The van der Waals surface area contributed by atoms with E-state index in [4.69, 9.17) is 11.6 Å². The van der Waals surface area contributed by atoms with Gasteiger partial charge < -0.3 is 5.32 Å². The molecular formula is C26H38ClN5O. The lowest BCUT2D eigenvalue weighted by molar-refractivity contribution is -0.120. The molecule has 33 heavy (non-hydrogen) atoms. The molecule has 180 valence electrons. The van der Waals surface area contributed by atoms with E-state index in [0.717, 1.165) is 37.5 Å². The number of rotatable bonds is 4. The van der Waals surface area contributed by atoms with Crippen LogP contribution in [0.25, 0.3) is 5.82 Å². The molecule has 6 nitrogen and oxygen atoms in total. The summed E-state index contributed by atoms with van der Waals surface area (Å²) in [5, 5.41) is 11.6. The second-order valence-corrected chi connectivity index (χ2v) is 10.4. The summed E-state index contributed by atoms with van der Waals surface area (Å²) in [6.07, 6.45) is 24.2. The molecule has 2 aromatic rings. The number of pyridine rings is 1. The van der Waals surface area contributed by atoms with Crippen LogP contribution in [0.2, 0.25) is 5.02 Å². The molecular weight excluding hydrogens is 434 g/mol. The lowest BCUT2D eigenvalue weighted by atomic mass is 9.76. The van der Waals surface area contributed by atoms with Crippen LogP contribution >= 0.6 is 11.6 Å². The topological polar surface area (TPSA) is 72.7 Å². The van der Waals surface area contributed by atoms with Gasteiger partial charge in [0.1, 0.15) is 0 Å². The molecule has 0 saturated heterocycles. The molecule has 0 radical (unpaired) electrons. The Morgan fingerprint density at radius 1 is 0.818 bits per heavy atom. The molecule has 2 aromatic heterocycles. The van der Waals surface area contributed by atoms with Crippen LogP contribution in [0.4, 0.5) is 5.69 Å². The highest BCUT2D eigenvalue weighted by molar-refractivity contribution is 6.32. The fourth-order valence-electron chi connectivity index (χ4n) is 5.80. The largest absolute Gasteiger partial charge is 0.324 e. The van der Waals surface area contributed by atoms with E-state index in [9.17, 15) is 4.79 Å². The SMILES string of the molecule is O=C(Nc1cnc(-n2nccn2)c(Cl)c1)C1CCCCCC(C2CCCCCCC2)CCC1. The van der Waals surface area contributed by atoms with Gasteiger partial charge in [-0.15, -0.1) is 4.80 Å². The molecule has 0 bridgehead atoms. The molecule has 1 N–H and O–H groups in total. The van der Waals surface area contributed by atoms with Gasteiger partial charge in [0.2, 0.25) is 5.91 Å². The van der Waals surface area contributed by atoms with Crippen molar-refractivity contribution >= 4 is 23.2 Å². The van der Waals surface area contributed by atoms with E-state index < -0.39 is 0 Å². The molecule has 2 aliphatic rings. The molecule has 2 saturated carbocycles. The number of anilines is 1. The summed E-state index contributed by atoms with van der Waals surface area (Å²) >= 11 is 6.37. The Balaban J connectivity index is 1.33. The molecule has 2 heterocycles. The summed E-state index contributed by atoms with van der Waals surface area (Å²) in [5.74, 6) is 2.39. The number of nitrogens with zero attached hydrogens (tertiary/aromatic N) is 4. The molecule has 0 spiro atoms. The van der Waals surface area contributed by atoms with Crippen molar-refractivity contribution < 1.29 is 4.79 Å². The third-order valence-electron chi connectivity index (χ3n) is 7.64. The molecule has 2 atom stereocenters. The maximum atomic E-state index is 13.1. The summed E-state index contributed by atoms with van der Waals surface area (Å²) in [5.41, 5.74) is 0.630. The second kappa shape index (κ2) is 12.5. The summed E-state index contributed by atoms with van der Waals surface area (Å²) in [6, 6.07) is 1.73. The normalized spacial score (nSPS) is 23.9. The van der Waals surface area contributed by atoms with E-state index in [1.54, 1.807) is 24.7 Å². The molecule has 1 amide bonds. The summed E-state index contributed by atoms with van der Waals surface area (Å²) in [7, 11) is 0. The van der Waals surface area contributed by atoms with Crippen LogP contribution in [0.3, 0.4) is 0 Å². The van der Waals surface area contributed by atoms with Gasteiger partial charge in [-0.25, -0.2) is 4.98 Å².